The van der Waals surface area contributed by atoms with Crippen molar-refractivity contribution in [2.45, 2.75) is 0 Å². The molecule has 2 aromatic carbocycles. The summed E-state index contributed by atoms with van der Waals surface area (Å²) in [5.41, 5.74) is 0.977. The molecule has 1 amide bonds. The molecule has 0 atom stereocenters. The van der Waals surface area contributed by atoms with Gasteiger partial charge in [0.15, 0.2) is 11.5 Å². The fourth-order valence-corrected chi connectivity index (χ4v) is 3.01. The van der Waals surface area contributed by atoms with Gasteiger partial charge in [-0.15, -0.1) is 0 Å². The molecule has 25 heavy (non-hydrogen) atoms. The lowest BCUT2D eigenvalue weighted by molar-refractivity contribution is -0.112. The van der Waals surface area contributed by atoms with Gasteiger partial charge in [-0.2, -0.15) is 5.26 Å². The summed E-state index contributed by atoms with van der Waals surface area (Å²) in [6.45, 7) is 0. The lowest BCUT2D eigenvalue weighted by Gasteiger charge is -2.10. The van der Waals surface area contributed by atoms with Gasteiger partial charge >= 0.3 is 0 Å². The maximum absolute atomic E-state index is 12.3. The van der Waals surface area contributed by atoms with E-state index in [9.17, 15) is 15.2 Å². The molecule has 2 N–H and O–H groups in total. The monoisotopic (exact) mass is 528 g/mol. The molecule has 0 bridgehead atoms. The van der Waals surface area contributed by atoms with E-state index >= 15 is 0 Å². The maximum Gasteiger partial charge on any atom is 0.266 e. The molecular weight excluding hydrogens is 520 g/mol. The third kappa shape index (κ3) is 4.63. The summed E-state index contributed by atoms with van der Waals surface area (Å²) in [6, 6.07) is 10.4. The molecule has 0 fully saturated rings. The van der Waals surface area contributed by atoms with Crippen LogP contribution in [0.3, 0.4) is 0 Å². The Morgan fingerprint density at radius 2 is 1.88 bits per heavy atom. The van der Waals surface area contributed by atoms with Crippen molar-refractivity contribution in [2.75, 3.05) is 12.4 Å². The van der Waals surface area contributed by atoms with Gasteiger partial charge < -0.3 is 15.2 Å². The highest BCUT2D eigenvalue weighted by molar-refractivity contribution is 9.13. The van der Waals surface area contributed by atoms with E-state index in [1.165, 1.54) is 19.3 Å². The smallest absolute Gasteiger partial charge is 0.266 e. The summed E-state index contributed by atoms with van der Waals surface area (Å²) in [5, 5.41) is 21.9. The van der Waals surface area contributed by atoms with Gasteiger partial charge in [-0.1, -0.05) is 15.9 Å². The van der Waals surface area contributed by atoms with Crippen LogP contribution in [0.25, 0.3) is 6.08 Å². The summed E-state index contributed by atoms with van der Waals surface area (Å²) in [7, 11) is 1.41. The summed E-state index contributed by atoms with van der Waals surface area (Å²) in [4.78, 5) is 12.3. The van der Waals surface area contributed by atoms with Crippen LogP contribution in [0.4, 0.5) is 5.69 Å². The topological polar surface area (TPSA) is 82.3 Å². The minimum absolute atomic E-state index is 0.0793. The van der Waals surface area contributed by atoms with Crippen molar-refractivity contribution in [1.82, 2.24) is 0 Å². The molecule has 0 aromatic heterocycles. The van der Waals surface area contributed by atoms with E-state index in [2.05, 4.69) is 53.1 Å². The number of carbonyl (C=O) groups is 1. The molecular formula is C17H11Br3N2O3. The number of halogens is 3. The number of phenolic OH excluding ortho intramolecular Hbond substituents is 1. The minimum atomic E-state index is -0.542. The van der Waals surface area contributed by atoms with Gasteiger partial charge in [0.05, 0.1) is 11.6 Å². The number of rotatable bonds is 4. The average molecular weight is 531 g/mol. The number of phenols is 1. The van der Waals surface area contributed by atoms with Crippen LogP contribution in [-0.4, -0.2) is 18.1 Å². The number of nitrogens with one attached hydrogen (secondary N) is 1. The molecule has 0 saturated heterocycles. The fourth-order valence-electron chi connectivity index (χ4n) is 1.91. The summed E-state index contributed by atoms with van der Waals surface area (Å²) < 4.78 is 6.83. The predicted octanol–water partition coefficient (Wildman–Crippen LogP) is 5.23. The van der Waals surface area contributed by atoms with E-state index in [1.54, 1.807) is 24.3 Å². The van der Waals surface area contributed by atoms with Gasteiger partial charge in [0.1, 0.15) is 11.6 Å². The van der Waals surface area contributed by atoms with E-state index in [1.807, 2.05) is 6.07 Å². The van der Waals surface area contributed by atoms with Gasteiger partial charge in [0.2, 0.25) is 0 Å². The Bertz CT molecular complexity index is 887. The lowest BCUT2D eigenvalue weighted by atomic mass is 10.1. The fraction of sp³-hybridized carbons (Fsp3) is 0.0588. The zero-order valence-electron chi connectivity index (χ0n) is 12.8. The summed E-state index contributed by atoms with van der Waals surface area (Å²) in [6.07, 6.45) is 1.41. The van der Waals surface area contributed by atoms with Crippen LogP contribution in [-0.2, 0) is 4.79 Å². The van der Waals surface area contributed by atoms with Gasteiger partial charge in [0.25, 0.3) is 5.91 Å². The Hall–Kier alpha value is -1.82. The van der Waals surface area contributed by atoms with Crippen molar-refractivity contribution in [3.8, 4) is 17.6 Å². The molecule has 5 nitrogen and oxygen atoms in total. The molecule has 0 heterocycles. The standard InChI is InChI=1S/C17H11Br3N2O3/c1-25-13-7-9(14(19)15(20)16(13)23)6-10(8-21)17(24)22-12-4-2-11(18)3-5-12/h2-7,23H,1H3,(H,22,24)/b10-6+. The van der Waals surface area contributed by atoms with Gasteiger partial charge in [-0.3, -0.25) is 4.79 Å². The second kappa shape index (κ2) is 8.52. The molecule has 0 aliphatic carbocycles. The van der Waals surface area contributed by atoms with Crippen LogP contribution in [0.15, 0.2) is 49.3 Å². The Morgan fingerprint density at radius 3 is 2.44 bits per heavy atom. The number of ether oxygens (including phenoxy) is 1. The van der Waals surface area contributed by atoms with Crippen LogP contribution in [0.1, 0.15) is 5.56 Å². The van der Waals surface area contributed by atoms with E-state index < -0.39 is 5.91 Å². The molecule has 8 heteroatoms. The van der Waals surface area contributed by atoms with Crippen molar-refractivity contribution in [1.29, 1.82) is 5.26 Å². The van der Waals surface area contributed by atoms with Crippen LogP contribution in [0.2, 0.25) is 0 Å². The van der Waals surface area contributed by atoms with E-state index in [-0.39, 0.29) is 17.1 Å². The molecule has 0 aliphatic rings. The molecule has 0 spiro atoms. The second-order valence-corrected chi connectivity index (χ2v) is 7.28. The first kappa shape index (κ1) is 19.5. The number of amides is 1. The second-order valence-electron chi connectivity index (χ2n) is 4.78. The van der Waals surface area contributed by atoms with Crippen LogP contribution >= 0.6 is 47.8 Å². The van der Waals surface area contributed by atoms with E-state index in [0.29, 0.717) is 20.2 Å². The van der Waals surface area contributed by atoms with E-state index in [0.717, 1.165) is 4.47 Å². The van der Waals surface area contributed by atoms with Crippen LogP contribution in [0.5, 0.6) is 11.5 Å². The highest BCUT2D eigenvalue weighted by atomic mass is 79.9. The first-order valence-corrected chi connectivity index (χ1v) is 9.19. The third-order valence-corrected chi connectivity index (χ3v) is 5.85. The average Bonchev–Trinajstić information content (AvgIpc) is 2.61. The Morgan fingerprint density at radius 1 is 1.24 bits per heavy atom. The number of anilines is 1. The first-order chi connectivity index (χ1) is 11.9. The summed E-state index contributed by atoms with van der Waals surface area (Å²) >= 11 is 9.87. The van der Waals surface area contributed by atoms with Gasteiger partial charge in [-0.05, 0) is 73.8 Å². The number of aromatic hydroxyl groups is 1. The van der Waals surface area contributed by atoms with Crippen molar-refractivity contribution >= 4 is 65.5 Å². The number of carbonyl (C=O) groups excluding carboxylic acids is 1. The number of hydrogen-bond acceptors (Lipinski definition) is 4. The number of nitrogens with zero attached hydrogens (tertiary/aromatic N) is 1. The van der Waals surface area contributed by atoms with E-state index in [4.69, 9.17) is 4.74 Å². The zero-order valence-corrected chi connectivity index (χ0v) is 17.6. The summed E-state index contributed by atoms with van der Waals surface area (Å²) in [5.74, 6) is -0.406. The van der Waals surface area contributed by atoms with Crippen molar-refractivity contribution in [3.63, 3.8) is 0 Å². The minimum Gasteiger partial charge on any atom is -0.503 e. The Labute approximate surface area is 169 Å². The Kier molecular flexibility index (Phi) is 6.64. The van der Waals surface area contributed by atoms with Gasteiger partial charge in [0, 0.05) is 14.6 Å². The highest BCUT2D eigenvalue weighted by Crippen LogP contribution is 2.42. The SMILES string of the molecule is COc1cc(/C=C(\C#N)C(=O)Nc2ccc(Br)cc2)c(Br)c(Br)c1O. The predicted molar refractivity (Wildman–Crippen MR) is 106 cm³/mol. The first-order valence-electron chi connectivity index (χ1n) is 6.81. The van der Waals surface area contributed by atoms with Crippen molar-refractivity contribution in [2.24, 2.45) is 0 Å². The largest absolute Gasteiger partial charge is 0.503 e. The molecule has 0 aliphatic heterocycles. The quantitative estimate of drug-likeness (QED) is 0.419. The van der Waals surface area contributed by atoms with Crippen molar-refractivity contribution in [3.05, 3.63) is 54.9 Å². The number of hydrogen-bond donors (Lipinski definition) is 2. The maximum atomic E-state index is 12.3. The van der Waals surface area contributed by atoms with Crippen LogP contribution < -0.4 is 10.1 Å². The zero-order chi connectivity index (χ0) is 18.6. The Balaban J connectivity index is 2.37. The normalized spacial score (nSPS) is 10.9. The number of nitriles is 1. The van der Waals surface area contributed by atoms with Crippen LogP contribution in [0, 0.1) is 11.3 Å². The molecule has 0 saturated carbocycles. The third-order valence-electron chi connectivity index (χ3n) is 3.16. The van der Waals surface area contributed by atoms with Crippen molar-refractivity contribution < 1.29 is 14.6 Å². The lowest BCUT2D eigenvalue weighted by Crippen LogP contribution is -2.13. The molecule has 0 radical (unpaired) electrons. The number of benzene rings is 2. The molecule has 128 valence electrons. The molecule has 2 rings (SSSR count). The molecule has 2 aromatic rings. The highest BCUT2D eigenvalue weighted by Gasteiger charge is 2.16. The number of methoxy groups -OCH3 is 1. The molecule has 0 unspecified atom stereocenters. The van der Waals surface area contributed by atoms with Gasteiger partial charge in [-0.25, -0.2) is 0 Å².